The summed E-state index contributed by atoms with van der Waals surface area (Å²) in [5.41, 5.74) is 5.78. The monoisotopic (exact) mass is 465 g/mol. The van der Waals surface area contributed by atoms with Gasteiger partial charge in [0.15, 0.2) is 0 Å². The Bertz CT molecular complexity index is 1400. The van der Waals surface area contributed by atoms with Gasteiger partial charge in [-0.25, -0.2) is 4.98 Å². The van der Waals surface area contributed by atoms with Crippen LogP contribution in [0.1, 0.15) is 22.5 Å². The van der Waals surface area contributed by atoms with Gasteiger partial charge in [-0.15, -0.1) is 5.79 Å². The smallest absolute Gasteiger partial charge is 0.250 e. The van der Waals surface area contributed by atoms with Crippen molar-refractivity contribution in [2.75, 3.05) is 0 Å². The zero-order valence-electron chi connectivity index (χ0n) is 20.4. The van der Waals surface area contributed by atoms with Gasteiger partial charge in [0.1, 0.15) is 17.0 Å². The summed E-state index contributed by atoms with van der Waals surface area (Å²) in [7, 11) is 0. The van der Waals surface area contributed by atoms with Gasteiger partial charge in [-0.2, -0.15) is 0 Å². The van der Waals surface area contributed by atoms with E-state index in [1.807, 2.05) is 70.2 Å². The van der Waals surface area contributed by atoms with Gasteiger partial charge in [0.05, 0.1) is 5.52 Å². The van der Waals surface area contributed by atoms with E-state index in [9.17, 15) is 10.2 Å². The van der Waals surface area contributed by atoms with E-state index in [4.69, 9.17) is 0 Å². The lowest BCUT2D eigenvalue weighted by atomic mass is 10.1. The maximum Gasteiger partial charge on any atom is 0.250 e. The standard InChI is InChI=1S/C10H9NO.C10H8N.C8H10O.CH3.Al/c1-7-5-6-8-3-2-4-9(12)10(8)11-7;1-8-6-7-9-4-2-3-5-10(9)11-8;1-6-4-3-5-7(2)8(6)9;;/h2-6,12H,1H3;2-4,6-7H,1H3;3-5,9H,1-2H3;1H3;. The molecule has 4 nitrogen and oxygen atoms in total. The van der Waals surface area contributed by atoms with Crippen molar-refractivity contribution in [2.24, 2.45) is 0 Å². The van der Waals surface area contributed by atoms with Gasteiger partial charge in [0.25, 0.3) is 15.2 Å². The lowest BCUT2D eigenvalue weighted by Crippen LogP contribution is -2.12. The van der Waals surface area contributed by atoms with Crippen LogP contribution >= 0.6 is 0 Å². The molecule has 5 rings (SSSR count). The van der Waals surface area contributed by atoms with Crippen molar-refractivity contribution in [2.45, 2.75) is 33.5 Å². The third-order valence-electron chi connectivity index (χ3n) is 5.48. The molecule has 5 heteroatoms. The van der Waals surface area contributed by atoms with Crippen LogP contribution in [-0.2, 0) is 0 Å². The molecule has 2 aromatic heterocycles. The first kappa shape index (κ1) is 25.2. The molecule has 2 N–H and O–H groups in total. The van der Waals surface area contributed by atoms with E-state index < -0.39 is 0 Å². The second kappa shape index (κ2) is 11.7. The van der Waals surface area contributed by atoms with Crippen molar-refractivity contribution in [3.8, 4) is 11.5 Å². The highest BCUT2D eigenvalue weighted by Crippen LogP contribution is 2.22. The SMILES string of the molecule is Cc1ccc2cccc(O)c2n1.Cc1cccc(C)c1O.[CH3][Al][c]1cccc2ccc(C)nc12. The number of aromatic hydroxyl groups is 2. The predicted octanol–water partition coefficient (Wildman–Crippen LogP) is 6.18. The van der Waals surface area contributed by atoms with E-state index in [-0.39, 0.29) is 5.75 Å². The molecule has 0 unspecified atom stereocenters. The number of phenolic OH excluding ortho intramolecular Hbond substituents is 2. The second-order valence-electron chi connectivity index (χ2n) is 8.20. The summed E-state index contributed by atoms with van der Waals surface area (Å²) in [5, 5.41) is 20.9. The van der Waals surface area contributed by atoms with Crippen LogP contribution in [0.2, 0.25) is 5.79 Å². The third kappa shape index (κ3) is 6.35. The van der Waals surface area contributed by atoms with Crippen molar-refractivity contribution >= 4 is 41.5 Å². The van der Waals surface area contributed by atoms with Crippen LogP contribution in [-0.4, -0.2) is 35.4 Å². The number of rotatable bonds is 1. The zero-order chi connectivity index (χ0) is 24.7. The highest BCUT2D eigenvalue weighted by molar-refractivity contribution is 6.55. The fourth-order valence-corrected chi connectivity index (χ4v) is 4.34. The molecular formula is C29H30AlN2O2. The summed E-state index contributed by atoms with van der Waals surface area (Å²) in [6, 6.07) is 25.6. The van der Waals surface area contributed by atoms with Gasteiger partial charge < -0.3 is 10.2 Å². The van der Waals surface area contributed by atoms with E-state index in [0.29, 0.717) is 26.5 Å². The lowest BCUT2D eigenvalue weighted by Gasteiger charge is -2.03. The molecule has 171 valence electrons. The van der Waals surface area contributed by atoms with Crippen molar-refractivity contribution in [3.05, 3.63) is 101 Å². The number of benzene rings is 3. The highest BCUT2D eigenvalue weighted by atomic mass is 27.1. The molecule has 0 amide bonds. The van der Waals surface area contributed by atoms with E-state index >= 15 is 0 Å². The van der Waals surface area contributed by atoms with E-state index in [0.717, 1.165) is 27.9 Å². The molecule has 0 bridgehead atoms. The second-order valence-corrected chi connectivity index (χ2v) is 9.40. The number of phenols is 2. The fourth-order valence-electron chi connectivity index (χ4n) is 3.54. The van der Waals surface area contributed by atoms with Gasteiger partial charge in [-0.3, -0.25) is 4.98 Å². The minimum atomic E-state index is 0.246. The Morgan fingerprint density at radius 3 is 1.65 bits per heavy atom. The Morgan fingerprint density at radius 1 is 0.588 bits per heavy atom. The van der Waals surface area contributed by atoms with Crippen molar-refractivity contribution in [3.63, 3.8) is 0 Å². The number of hydrogen-bond donors (Lipinski definition) is 2. The van der Waals surface area contributed by atoms with Gasteiger partial charge in [-0.1, -0.05) is 65.1 Å². The maximum atomic E-state index is 9.43. The fraction of sp³-hybridized carbons (Fsp3) is 0.172. The molecule has 0 fully saturated rings. The Kier molecular flexibility index (Phi) is 8.65. The first-order valence-electron chi connectivity index (χ1n) is 11.3. The summed E-state index contributed by atoms with van der Waals surface area (Å²) in [4.78, 5) is 8.79. The molecule has 0 atom stereocenters. The minimum absolute atomic E-state index is 0.246. The van der Waals surface area contributed by atoms with Gasteiger partial charge in [0.2, 0.25) is 0 Å². The number of hydrogen-bond acceptors (Lipinski definition) is 4. The van der Waals surface area contributed by atoms with Crippen molar-refractivity contribution in [1.29, 1.82) is 0 Å². The molecule has 1 radical (unpaired) electrons. The third-order valence-corrected chi connectivity index (χ3v) is 6.57. The molecular weight excluding hydrogens is 435 g/mol. The van der Waals surface area contributed by atoms with Crippen LogP contribution in [0.5, 0.6) is 11.5 Å². The Hall–Kier alpha value is -3.39. The van der Waals surface area contributed by atoms with Crippen LogP contribution < -0.4 is 4.43 Å². The Labute approximate surface area is 207 Å². The van der Waals surface area contributed by atoms with Gasteiger partial charge in [-0.05, 0) is 62.4 Å². The average Bonchev–Trinajstić information content (AvgIpc) is 2.83. The Balaban J connectivity index is 0.000000146. The Morgan fingerprint density at radius 2 is 1.09 bits per heavy atom. The summed E-state index contributed by atoms with van der Waals surface area (Å²) in [6.07, 6.45) is 0. The van der Waals surface area contributed by atoms with Crippen LogP contribution in [0.4, 0.5) is 0 Å². The van der Waals surface area contributed by atoms with E-state index in [1.54, 1.807) is 6.07 Å². The largest absolute Gasteiger partial charge is 0.507 e. The highest BCUT2D eigenvalue weighted by Gasteiger charge is 2.01. The number of fused-ring (bicyclic) bond motifs is 2. The quantitative estimate of drug-likeness (QED) is 0.290. The van der Waals surface area contributed by atoms with Crippen LogP contribution in [0.25, 0.3) is 21.8 Å². The topological polar surface area (TPSA) is 66.2 Å². The molecule has 0 aliphatic heterocycles. The average molecular weight is 466 g/mol. The molecule has 0 aliphatic carbocycles. The molecule has 0 saturated carbocycles. The van der Waals surface area contributed by atoms with Crippen molar-refractivity contribution in [1.82, 2.24) is 9.97 Å². The number of aromatic nitrogens is 2. The summed E-state index contributed by atoms with van der Waals surface area (Å²) in [5.74, 6) is 2.91. The number of nitrogens with zero attached hydrogens (tertiary/aromatic N) is 2. The molecule has 34 heavy (non-hydrogen) atoms. The molecule has 0 spiro atoms. The number of para-hydroxylation sites is 3. The van der Waals surface area contributed by atoms with Crippen LogP contribution in [0, 0.1) is 27.7 Å². The molecule has 5 aromatic rings. The first-order valence-corrected chi connectivity index (χ1v) is 13.0. The zero-order valence-corrected chi connectivity index (χ0v) is 21.5. The summed E-state index contributed by atoms with van der Waals surface area (Å²) in [6.45, 7) is 7.73. The molecule has 3 aromatic carbocycles. The molecule has 0 saturated heterocycles. The molecule has 0 aliphatic rings. The van der Waals surface area contributed by atoms with Crippen LogP contribution in [0.15, 0.2) is 78.9 Å². The number of aryl methyl sites for hydroxylation is 4. The maximum absolute atomic E-state index is 9.43. The van der Waals surface area contributed by atoms with Gasteiger partial charge in [0, 0.05) is 16.8 Å². The normalized spacial score (nSPS) is 10.1. The van der Waals surface area contributed by atoms with E-state index in [2.05, 4.69) is 46.1 Å². The lowest BCUT2D eigenvalue weighted by molar-refractivity contribution is 0.467. The van der Waals surface area contributed by atoms with E-state index in [1.165, 1.54) is 15.3 Å². The summed E-state index contributed by atoms with van der Waals surface area (Å²) < 4.78 is 1.42. The van der Waals surface area contributed by atoms with Crippen molar-refractivity contribution < 1.29 is 10.2 Å². The minimum Gasteiger partial charge on any atom is -0.507 e. The summed E-state index contributed by atoms with van der Waals surface area (Å²) >= 11 is 0.354. The predicted molar refractivity (Wildman–Crippen MR) is 143 cm³/mol. The number of pyridine rings is 2. The van der Waals surface area contributed by atoms with Crippen LogP contribution in [0.3, 0.4) is 0 Å². The molecule has 2 heterocycles. The van der Waals surface area contributed by atoms with Gasteiger partial charge >= 0.3 is 0 Å². The first-order chi connectivity index (χ1) is 16.3.